The van der Waals surface area contributed by atoms with Crippen LogP contribution in [-0.4, -0.2) is 5.91 Å². The first-order valence-electron chi connectivity index (χ1n) is 7.84. The van der Waals surface area contributed by atoms with Crippen LogP contribution in [0.2, 0.25) is 0 Å². The molecule has 2 aliphatic carbocycles. The second kappa shape index (κ2) is 5.94. The highest BCUT2D eigenvalue weighted by Gasteiger charge is 2.40. The summed E-state index contributed by atoms with van der Waals surface area (Å²) < 4.78 is 37.9. The highest BCUT2D eigenvalue weighted by molar-refractivity contribution is 5.76. The molecule has 0 saturated heterocycles. The second-order valence-electron chi connectivity index (χ2n) is 6.61. The molecule has 2 fully saturated rings. The normalized spacial score (nSPS) is 27.1. The van der Waals surface area contributed by atoms with Crippen molar-refractivity contribution in [2.45, 2.75) is 44.8 Å². The van der Waals surface area contributed by atoms with Crippen LogP contribution in [0.1, 0.15) is 43.2 Å². The van der Waals surface area contributed by atoms with E-state index in [2.05, 4.69) is 5.32 Å². The van der Waals surface area contributed by atoms with Crippen LogP contribution < -0.4 is 5.32 Å². The minimum atomic E-state index is -4.34. The monoisotopic (exact) mass is 311 g/mol. The van der Waals surface area contributed by atoms with Crippen molar-refractivity contribution in [3.63, 3.8) is 0 Å². The van der Waals surface area contributed by atoms with Gasteiger partial charge in [-0.05, 0) is 54.7 Å². The summed E-state index contributed by atoms with van der Waals surface area (Å²) in [5, 5.41) is 2.76. The summed E-state index contributed by atoms with van der Waals surface area (Å²) in [6.07, 6.45) is 1.10. The second-order valence-corrected chi connectivity index (χ2v) is 6.61. The predicted octanol–water partition coefficient (Wildman–Crippen LogP) is 4.15. The Bertz CT molecular complexity index is 555. The summed E-state index contributed by atoms with van der Waals surface area (Å²) in [4.78, 5) is 12.0. The van der Waals surface area contributed by atoms with Gasteiger partial charge in [-0.3, -0.25) is 4.79 Å². The van der Waals surface area contributed by atoms with Gasteiger partial charge in [0, 0.05) is 13.0 Å². The lowest BCUT2D eigenvalue weighted by Gasteiger charge is -2.21. The van der Waals surface area contributed by atoms with E-state index < -0.39 is 11.7 Å². The van der Waals surface area contributed by atoms with E-state index in [1.807, 2.05) is 0 Å². The van der Waals surface area contributed by atoms with Gasteiger partial charge in [-0.2, -0.15) is 13.2 Å². The number of halogens is 3. The first-order valence-corrected chi connectivity index (χ1v) is 7.84. The first-order chi connectivity index (χ1) is 10.4. The van der Waals surface area contributed by atoms with Gasteiger partial charge in [0.1, 0.15) is 0 Å². The van der Waals surface area contributed by atoms with Crippen molar-refractivity contribution in [3.05, 3.63) is 35.4 Å². The Morgan fingerprint density at radius 1 is 1.23 bits per heavy atom. The fourth-order valence-corrected chi connectivity index (χ4v) is 4.00. The van der Waals surface area contributed by atoms with E-state index in [9.17, 15) is 18.0 Å². The van der Waals surface area contributed by atoms with E-state index in [-0.39, 0.29) is 12.5 Å². The summed E-state index contributed by atoms with van der Waals surface area (Å²) in [5.74, 6) is 1.91. The van der Waals surface area contributed by atoms with Crippen molar-refractivity contribution in [2.24, 2.45) is 17.8 Å². The zero-order valence-corrected chi connectivity index (χ0v) is 12.3. The molecule has 3 atom stereocenters. The van der Waals surface area contributed by atoms with Gasteiger partial charge in [0.05, 0.1) is 5.56 Å². The van der Waals surface area contributed by atoms with E-state index in [1.165, 1.54) is 25.3 Å². The number of carbonyl (C=O) groups excluding carboxylic acids is 1. The van der Waals surface area contributed by atoms with Crippen molar-refractivity contribution in [2.75, 3.05) is 0 Å². The van der Waals surface area contributed by atoms with Crippen LogP contribution >= 0.6 is 0 Å². The fourth-order valence-electron chi connectivity index (χ4n) is 4.00. The summed E-state index contributed by atoms with van der Waals surface area (Å²) in [5.41, 5.74) is -0.191. The van der Waals surface area contributed by atoms with E-state index in [0.29, 0.717) is 23.8 Å². The van der Waals surface area contributed by atoms with E-state index in [1.54, 1.807) is 6.07 Å². The number of hydrogen-bond acceptors (Lipinski definition) is 1. The molecule has 1 aromatic carbocycles. The molecule has 0 aliphatic heterocycles. The van der Waals surface area contributed by atoms with Gasteiger partial charge in [0.25, 0.3) is 0 Å². The van der Waals surface area contributed by atoms with Crippen molar-refractivity contribution in [3.8, 4) is 0 Å². The lowest BCUT2D eigenvalue weighted by molar-refractivity contribution is -0.137. The van der Waals surface area contributed by atoms with Gasteiger partial charge >= 0.3 is 6.18 Å². The van der Waals surface area contributed by atoms with Crippen LogP contribution in [0.3, 0.4) is 0 Å². The molecule has 2 nitrogen and oxygen atoms in total. The summed E-state index contributed by atoms with van der Waals surface area (Å²) in [6.45, 7) is 0.156. The summed E-state index contributed by atoms with van der Waals surface area (Å²) in [6, 6.07) is 5.12. The molecule has 5 heteroatoms. The van der Waals surface area contributed by atoms with Crippen molar-refractivity contribution >= 4 is 5.91 Å². The topological polar surface area (TPSA) is 29.1 Å². The lowest BCUT2D eigenvalue weighted by Crippen LogP contribution is -2.27. The Balaban J connectivity index is 1.51. The van der Waals surface area contributed by atoms with Gasteiger partial charge in [-0.15, -0.1) is 0 Å². The van der Waals surface area contributed by atoms with Gasteiger partial charge in [-0.25, -0.2) is 0 Å². The molecule has 1 amide bonds. The molecule has 22 heavy (non-hydrogen) atoms. The quantitative estimate of drug-likeness (QED) is 0.889. The van der Waals surface area contributed by atoms with Crippen LogP contribution in [0.25, 0.3) is 0 Å². The zero-order valence-electron chi connectivity index (χ0n) is 12.3. The number of hydrogen-bond donors (Lipinski definition) is 1. The predicted molar refractivity (Wildman–Crippen MR) is 76.8 cm³/mol. The zero-order chi connectivity index (χ0) is 15.7. The number of amides is 1. The summed E-state index contributed by atoms with van der Waals surface area (Å²) >= 11 is 0. The number of rotatable bonds is 4. The molecule has 3 rings (SSSR count). The smallest absolute Gasteiger partial charge is 0.352 e. The molecule has 0 radical (unpaired) electrons. The molecule has 2 saturated carbocycles. The maximum atomic E-state index is 12.6. The number of benzene rings is 1. The highest BCUT2D eigenvalue weighted by atomic mass is 19.4. The van der Waals surface area contributed by atoms with Crippen molar-refractivity contribution < 1.29 is 18.0 Å². The van der Waals surface area contributed by atoms with Crippen molar-refractivity contribution in [1.29, 1.82) is 0 Å². The van der Waals surface area contributed by atoms with Gasteiger partial charge in [0.2, 0.25) is 5.91 Å². The SMILES string of the molecule is O=C(C[C@@H]1C[C@H]2CC[C@@H]1C2)NCc1cccc(C(F)(F)F)c1. The minimum Gasteiger partial charge on any atom is -0.352 e. The van der Waals surface area contributed by atoms with Crippen LogP contribution in [0.5, 0.6) is 0 Å². The molecule has 1 N–H and O–H groups in total. The summed E-state index contributed by atoms with van der Waals surface area (Å²) in [7, 11) is 0. The maximum absolute atomic E-state index is 12.6. The lowest BCUT2D eigenvalue weighted by atomic mass is 9.86. The van der Waals surface area contributed by atoms with Crippen LogP contribution in [-0.2, 0) is 17.5 Å². The van der Waals surface area contributed by atoms with Gasteiger partial charge < -0.3 is 5.32 Å². The fraction of sp³-hybridized carbons (Fsp3) is 0.588. The third kappa shape index (κ3) is 3.45. The molecule has 0 spiro atoms. The molecular weight excluding hydrogens is 291 g/mol. The molecular formula is C17H20F3NO. The molecule has 2 bridgehead atoms. The van der Waals surface area contributed by atoms with E-state index in [0.717, 1.165) is 24.5 Å². The Kier molecular flexibility index (Phi) is 4.15. The molecule has 2 aliphatic rings. The molecule has 0 heterocycles. The van der Waals surface area contributed by atoms with Crippen molar-refractivity contribution in [1.82, 2.24) is 5.32 Å². The standard InChI is InChI=1S/C17H20F3NO/c18-17(19,20)15-3-1-2-12(8-15)10-21-16(22)9-14-7-11-4-5-13(14)6-11/h1-3,8,11,13-14H,4-7,9-10H2,(H,21,22)/t11-,13+,14-/m0/s1. The minimum absolute atomic E-state index is 0.0463. The van der Waals surface area contributed by atoms with Crippen LogP contribution in [0, 0.1) is 17.8 Å². The first kappa shape index (κ1) is 15.4. The average Bonchev–Trinajstić information content (AvgIpc) is 3.07. The molecule has 0 aromatic heterocycles. The molecule has 0 unspecified atom stereocenters. The number of carbonyl (C=O) groups is 1. The average molecular weight is 311 g/mol. The third-order valence-electron chi connectivity index (χ3n) is 5.08. The molecule has 1 aromatic rings. The van der Waals surface area contributed by atoms with Crippen LogP contribution in [0.15, 0.2) is 24.3 Å². The Hall–Kier alpha value is -1.52. The van der Waals surface area contributed by atoms with E-state index >= 15 is 0 Å². The van der Waals surface area contributed by atoms with Crippen LogP contribution in [0.4, 0.5) is 13.2 Å². The Labute approximate surface area is 128 Å². The maximum Gasteiger partial charge on any atom is 0.416 e. The van der Waals surface area contributed by atoms with Gasteiger partial charge in [-0.1, -0.05) is 18.6 Å². The Morgan fingerprint density at radius 2 is 2.05 bits per heavy atom. The largest absolute Gasteiger partial charge is 0.416 e. The number of nitrogens with one attached hydrogen (secondary N) is 1. The highest BCUT2D eigenvalue weighted by Crippen LogP contribution is 2.49. The number of fused-ring (bicyclic) bond motifs is 2. The Morgan fingerprint density at radius 3 is 2.68 bits per heavy atom. The number of alkyl halides is 3. The van der Waals surface area contributed by atoms with Gasteiger partial charge in [0.15, 0.2) is 0 Å². The third-order valence-corrected chi connectivity index (χ3v) is 5.08. The van der Waals surface area contributed by atoms with E-state index in [4.69, 9.17) is 0 Å². The molecule has 120 valence electrons.